The quantitative estimate of drug-likeness (QED) is 0.323. The predicted octanol–water partition coefficient (Wildman–Crippen LogP) is 1.74. The summed E-state index contributed by atoms with van der Waals surface area (Å²) in [7, 11) is -2.70. The van der Waals surface area contributed by atoms with E-state index in [4.69, 9.17) is 9.47 Å². The van der Waals surface area contributed by atoms with E-state index in [1.54, 1.807) is 12.1 Å². The zero-order chi connectivity index (χ0) is 23.7. The Bertz CT molecular complexity index is 1050. The van der Waals surface area contributed by atoms with Gasteiger partial charge in [0, 0.05) is 30.5 Å². The van der Waals surface area contributed by atoms with Crippen LogP contribution in [0.1, 0.15) is 42.6 Å². The summed E-state index contributed by atoms with van der Waals surface area (Å²) in [6.45, 7) is 2.63. The summed E-state index contributed by atoms with van der Waals surface area (Å²) in [6, 6.07) is 6.22. The normalized spacial score (nSPS) is 19.2. The number of amides is 3. The minimum Gasteiger partial charge on any atom is -0.427 e. The Morgan fingerprint density at radius 2 is 1.91 bits per heavy atom. The zero-order valence-corrected chi connectivity index (χ0v) is 19.5. The topological polar surface area (TPSA) is 127 Å². The fraction of sp³-hybridized carbons (Fsp3) is 0.500. The number of rotatable bonds is 7. The van der Waals surface area contributed by atoms with Crippen LogP contribution in [0.4, 0.5) is 4.79 Å². The summed E-state index contributed by atoms with van der Waals surface area (Å²) in [5.41, 5.74) is 0.178. The molecule has 3 amide bonds. The van der Waals surface area contributed by atoms with Crippen molar-refractivity contribution in [1.82, 2.24) is 9.80 Å². The lowest BCUT2D eigenvalue weighted by Gasteiger charge is -2.35. The molecule has 2 aliphatic heterocycles. The van der Waals surface area contributed by atoms with E-state index in [1.165, 1.54) is 18.7 Å². The number of fused-ring (bicyclic) bond motifs is 1. The molecule has 1 unspecified atom stereocenters. The van der Waals surface area contributed by atoms with Gasteiger partial charge in [-0.25, -0.2) is 18.1 Å². The maximum absolute atomic E-state index is 12.9. The van der Waals surface area contributed by atoms with E-state index in [1.807, 2.05) is 12.1 Å². The molecule has 1 aromatic carbocycles. The highest BCUT2D eigenvalue weighted by molar-refractivity contribution is 8.71. The number of likely N-dealkylation sites (tertiary alicyclic amines) is 1. The molecule has 1 saturated heterocycles. The van der Waals surface area contributed by atoms with Crippen molar-refractivity contribution in [2.75, 3.05) is 18.7 Å². The molecule has 1 aromatic rings. The minimum absolute atomic E-state index is 0.0193. The highest BCUT2D eigenvalue weighted by atomic mass is 33.1. The first-order valence-electron chi connectivity index (χ1n) is 9.81. The molecule has 12 heteroatoms. The first-order chi connectivity index (χ1) is 14.9. The van der Waals surface area contributed by atoms with Gasteiger partial charge in [-0.15, -0.1) is 0 Å². The molecule has 0 aliphatic carbocycles. The second-order valence-electron chi connectivity index (χ2n) is 8.16. The van der Waals surface area contributed by atoms with Gasteiger partial charge in [-0.3, -0.25) is 14.4 Å². The lowest BCUT2D eigenvalue weighted by molar-refractivity contribution is -0.157. The summed E-state index contributed by atoms with van der Waals surface area (Å²) in [4.78, 5) is 52.2. The van der Waals surface area contributed by atoms with Crippen molar-refractivity contribution in [3.05, 3.63) is 35.4 Å². The molecule has 0 radical (unpaired) electrons. The molecular weight excluding hydrogens is 460 g/mol. The van der Waals surface area contributed by atoms with Crippen LogP contribution < -0.4 is 0 Å². The van der Waals surface area contributed by atoms with Gasteiger partial charge >= 0.3 is 6.16 Å². The summed E-state index contributed by atoms with van der Waals surface area (Å²) >= 11 is 0. The van der Waals surface area contributed by atoms with Crippen LogP contribution >= 0.6 is 10.8 Å². The summed E-state index contributed by atoms with van der Waals surface area (Å²) < 4.78 is 32.6. The van der Waals surface area contributed by atoms with Gasteiger partial charge in [0.15, 0.2) is 15.6 Å². The Balaban J connectivity index is 1.59. The van der Waals surface area contributed by atoms with Gasteiger partial charge in [0.2, 0.25) is 5.91 Å². The van der Waals surface area contributed by atoms with Gasteiger partial charge < -0.3 is 14.4 Å². The molecule has 2 aliphatic rings. The van der Waals surface area contributed by atoms with E-state index >= 15 is 0 Å². The predicted molar refractivity (Wildman–Crippen MR) is 115 cm³/mol. The number of nitrogens with zero attached hydrogens (tertiary/aromatic N) is 2. The van der Waals surface area contributed by atoms with Crippen LogP contribution in [0.15, 0.2) is 24.3 Å². The Morgan fingerprint density at radius 1 is 1.22 bits per heavy atom. The van der Waals surface area contributed by atoms with Crippen molar-refractivity contribution in [2.24, 2.45) is 0 Å². The van der Waals surface area contributed by atoms with Gasteiger partial charge in [0.1, 0.15) is 11.6 Å². The fourth-order valence-electron chi connectivity index (χ4n) is 3.43. The molecule has 2 heterocycles. The first-order valence-corrected chi connectivity index (χ1v) is 13.2. The highest BCUT2D eigenvalue weighted by Crippen LogP contribution is 2.29. The summed E-state index contributed by atoms with van der Waals surface area (Å²) in [6.07, 6.45) is 0.107. The molecule has 0 N–H and O–H groups in total. The van der Waals surface area contributed by atoms with E-state index in [9.17, 15) is 27.6 Å². The summed E-state index contributed by atoms with van der Waals surface area (Å²) in [5.74, 6) is -1.45. The van der Waals surface area contributed by atoms with Gasteiger partial charge in [0.25, 0.3) is 11.8 Å². The number of hydrogen-bond donors (Lipinski definition) is 0. The second-order valence-corrected chi connectivity index (χ2v) is 12.6. The van der Waals surface area contributed by atoms with E-state index < -0.39 is 45.2 Å². The zero-order valence-electron chi connectivity index (χ0n) is 17.9. The lowest BCUT2D eigenvalue weighted by Crippen LogP contribution is -2.55. The van der Waals surface area contributed by atoms with Crippen LogP contribution in [0.25, 0.3) is 0 Å². The average molecular weight is 485 g/mol. The molecule has 10 nitrogen and oxygen atoms in total. The van der Waals surface area contributed by atoms with E-state index in [2.05, 4.69) is 0 Å². The van der Waals surface area contributed by atoms with Crippen molar-refractivity contribution in [2.45, 2.75) is 44.9 Å². The van der Waals surface area contributed by atoms with Crippen LogP contribution in [0.3, 0.4) is 0 Å². The number of ether oxygens (including phenoxy) is 2. The van der Waals surface area contributed by atoms with Crippen molar-refractivity contribution in [3.8, 4) is 0 Å². The van der Waals surface area contributed by atoms with Crippen LogP contribution in [-0.4, -0.2) is 72.5 Å². The van der Waals surface area contributed by atoms with E-state index in [-0.39, 0.29) is 31.0 Å². The van der Waals surface area contributed by atoms with Crippen LogP contribution in [0.5, 0.6) is 0 Å². The average Bonchev–Trinajstić information content (AvgIpc) is 3.02. The molecule has 0 aromatic heterocycles. The third-order valence-electron chi connectivity index (χ3n) is 5.00. The number of piperidine rings is 1. The number of imide groups is 1. The van der Waals surface area contributed by atoms with Crippen molar-refractivity contribution < 1.29 is 37.1 Å². The van der Waals surface area contributed by atoms with Crippen molar-refractivity contribution >= 4 is 43.5 Å². The third-order valence-corrected chi connectivity index (χ3v) is 7.88. The fourth-order valence-corrected chi connectivity index (χ4v) is 5.48. The van der Waals surface area contributed by atoms with Gasteiger partial charge in [-0.1, -0.05) is 18.2 Å². The van der Waals surface area contributed by atoms with E-state index in [0.29, 0.717) is 16.4 Å². The first kappa shape index (κ1) is 24.1. The van der Waals surface area contributed by atoms with Crippen LogP contribution in [0.2, 0.25) is 0 Å². The second kappa shape index (κ2) is 9.10. The Hall–Kier alpha value is -2.60. The lowest BCUT2D eigenvalue weighted by atomic mass is 10.0. The standard InChI is InChI=1S/C20H24N2O8S2/c1-20(2,11-31-32(3,27)28)30-19(26)29-12-22-16(23)9-8-15(18(22)25)21-10-13-6-4-5-7-14(13)17(21)24/h4-7,15H,8-12H2,1-3H3. The third kappa shape index (κ3) is 5.60. The van der Waals surface area contributed by atoms with Gasteiger partial charge in [-0.05, 0) is 42.7 Å². The Labute approximate surface area is 189 Å². The molecule has 0 bridgehead atoms. The number of benzene rings is 1. The number of hydrogen-bond acceptors (Lipinski definition) is 9. The largest absolute Gasteiger partial charge is 0.510 e. The van der Waals surface area contributed by atoms with E-state index in [0.717, 1.165) is 16.7 Å². The highest BCUT2D eigenvalue weighted by Gasteiger charge is 2.43. The van der Waals surface area contributed by atoms with Crippen LogP contribution in [0, 0.1) is 0 Å². The van der Waals surface area contributed by atoms with Crippen LogP contribution in [-0.2, 0) is 34.5 Å². The number of carbonyl (C=O) groups is 4. The molecule has 0 saturated carbocycles. The molecule has 1 fully saturated rings. The van der Waals surface area contributed by atoms with Crippen molar-refractivity contribution in [1.29, 1.82) is 0 Å². The molecule has 3 rings (SSSR count). The minimum atomic E-state index is -3.32. The Kier molecular flexibility index (Phi) is 6.84. The molecule has 0 spiro atoms. The monoisotopic (exact) mass is 484 g/mol. The Morgan fingerprint density at radius 3 is 2.56 bits per heavy atom. The van der Waals surface area contributed by atoms with Crippen molar-refractivity contribution in [3.63, 3.8) is 0 Å². The number of carbonyl (C=O) groups excluding carboxylic acids is 4. The SMILES string of the molecule is CC(C)(CSS(C)(=O)=O)OC(=O)OCN1C(=O)CCC(N2Cc3ccccc3C2=O)C1=O. The molecular formula is C20H24N2O8S2. The molecule has 174 valence electrons. The van der Waals surface area contributed by atoms with Gasteiger partial charge in [-0.2, -0.15) is 0 Å². The molecule has 32 heavy (non-hydrogen) atoms. The summed E-state index contributed by atoms with van der Waals surface area (Å²) in [5, 5.41) is 0. The van der Waals surface area contributed by atoms with Gasteiger partial charge in [0.05, 0.1) is 0 Å². The smallest absolute Gasteiger partial charge is 0.427 e. The molecule has 1 atom stereocenters. The maximum Gasteiger partial charge on any atom is 0.510 e. The maximum atomic E-state index is 12.9.